The largest absolute Gasteiger partial charge is 0.432 e. The van der Waals surface area contributed by atoms with Crippen LogP contribution in [0.1, 0.15) is 0 Å². The molecular formula is C8H5F3N2O. The monoisotopic (exact) mass is 202 g/mol. The first kappa shape index (κ1) is 10.2. The van der Waals surface area contributed by atoms with Crippen LogP contribution in [0.2, 0.25) is 0 Å². The highest BCUT2D eigenvalue weighted by Crippen LogP contribution is 2.30. The van der Waals surface area contributed by atoms with Crippen molar-refractivity contribution < 1.29 is 17.9 Å². The van der Waals surface area contributed by atoms with Crippen molar-refractivity contribution in [3.63, 3.8) is 0 Å². The van der Waals surface area contributed by atoms with Gasteiger partial charge < -0.3 is 10.5 Å². The predicted octanol–water partition coefficient (Wildman–Crippen LogP) is 2.56. The van der Waals surface area contributed by atoms with Crippen molar-refractivity contribution in [2.75, 3.05) is 5.73 Å². The number of benzene rings is 1. The molecule has 1 rings (SSSR count). The van der Waals surface area contributed by atoms with Gasteiger partial charge in [0.15, 0.2) is 11.6 Å². The average molecular weight is 202 g/mol. The van der Waals surface area contributed by atoms with E-state index in [0.717, 1.165) is 12.1 Å². The molecule has 0 heterocycles. The number of nitrogens with zero attached hydrogens (tertiary/aromatic N) is 1. The maximum absolute atomic E-state index is 12.9. The summed E-state index contributed by atoms with van der Waals surface area (Å²) in [5.41, 5.74) is 5.04. The minimum atomic E-state index is -3.12. The van der Waals surface area contributed by atoms with Crippen molar-refractivity contribution in [3.8, 4) is 5.75 Å². The van der Waals surface area contributed by atoms with Gasteiger partial charge in [-0.05, 0) is 12.1 Å². The zero-order valence-electron chi connectivity index (χ0n) is 6.80. The first-order chi connectivity index (χ1) is 6.54. The standard InChI is InChI=1S/C8H5F3N2O/c1-13-6-2-4(9)7(3-5(6)12)14-8(10)11/h2-3,8H,12H2. The molecule has 0 unspecified atom stereocenters. The summed E-state index contributed by atoms with van der Waals surface area (Å²) in [5, 5.41) is 0. The number of alkyl halides is 2. The van der Waals surface area contributed by atoms with Crippen LogP contribution >= 0.6 is 0 Å². The fourth-order valence-corrected chi connectivity index (χ4v) is 0.842. The maximum atomic E-state index is 12.9. The van der Waals surface area contributed by atoms with E-state index in [2.05, 4.69) is 9.58 Å². The number of nitrogen functional groups attached to an aromatic ring is 1. The second kappa shape index (κ2) is 3.87. The third-order valence-electron chi connectivity index (χ3n) is 1.42. The quantitative estimate of drug-likeness (QED) is 0.591. The van der Waals surface area contributed by atoms with E-state index >= 15 is 0 Å². The van der Waals surface area contributed by atoms with Crippen molar-refractivity contribution in [2.24, 2.45) is 0 Å². The lowest BCUT2D eigenvalue weighted by molar-refractivity contribution is -0.0521. The molecule has 14 heavy (non-hydrogen) atoms. The summed E-state index contributed by atoms with van der Waals surface area (Å²) in [7, 11) is 0. The molecule has 0 spiro atoms. The highest BCUT2D eigenvalue weighted by atomic mass is 19.3. The zero-order chi connectivity index (χ0) is 10.7. The third-order valence-corrected chi connectivity index (χ3v) is 1.42. The van der Waals surface area contributed by atoms with Gasteiger partial charge in [-0.2, -0.15) is 8.78 Å². The van der Waals surface area contributed by atoms with E-state index in [1.807, 2.05) is 0 Å². The lowest BCUT2D eigenvalue weighted by Gasteiger charge is -2.07. The Kier molecular flexibility index (Phi) is 2.82. The van der Waals surface area contributed by atoms with E-state index in [4.69, 9.17) is 12.3 Å². The molecule has 0 aliphatic rings. The van der Waals surface area contributed by atoms with Crippen molar-refractivity contribution in [3.05, 3.63) is 29.4 Å². The van der Waals surface area contributed by atoms with Crippen LogP contribution in [0, 0.1) is 12.4 Å². The van der Waals surface area contributed by atoms with Gasteiger partial charge in [-0.25, -0.2) is 9.24 Å². The summed E-state index contributed by atoms with van der Waals surface area (Å²) in [4.78, 5) is 2.89. The average Bonchev–Trinajstić information content (AvgIpc) is 2.10. The van der Waals surface area contributed by atoms with Gasteiger partial charge >= 0.3 is 6.61 Å². The Hall–Kier alpha value is -1.90. The van der Waals surface area contributed by atoms with Gasteiger partial charge in [0.05, 0.1) is 6.57 Å². The van der Waals surface area contributed by atoms with Crippen LogP contribution in [0.3, 0.4) is 0 Å². The molecule has 74 valence electrons. The molecule has 0 bridgehead atoms. The van der Waals surface area contributed by atoms with Crippen molar-refractivity contribution in [2.45, 2.75) is 6.61 Å². The zero-order valence-corrected chi connectivity index (χ0v) is 6.80. The molecule has 1 aromatic carbocycles. The van der Waals surface area contributed by atoms with E-state index in [1.54, 1.807) is 0 Å². The minimum absolute atomic E-state index is 0.1000. The molecule has 0 aromatic heterocycles. The first-order valence-electron chi connectivity index (χ1n) is 3.46. The Morgan fingerprint density at radius 1 is 1.43 bits per heavy atom. The normalized spacial score (nSPS) is 9.93. The summed E-state index contributed by atoms with van der Waals surface area (Å²) in [5.74, 6) is -1.70. The fraction of sp³-hybridized carbons (Fsp3) is 0.125. The summed E-state index contributed by atoms with van der Waals surface area (Å²) in [6.07, 6.45) is 0. The van der Waals surface area contributed by atoms with Crippen LogP contribution in [0.5, 0.6) is 5.75 Å². The maximum Gasteiger partial charge on any atom is 0.387 e. The van der Waals surface area contributed by atoms with Crippen molar-refractivity contribution in [1.29, 1.82) is 0 Å². The Morgan fingerprint density at radius 3 is 2.57 bits per heavy atom. The van der Waals surface area contributed by atoms with E-state index < -0.39 is 18.2 Å². The Balaban J connectivity index is 3.10. The Morgan fingerprint density at radius 2 is 2.07 bits per heavy atom. The van der Waals surface area contributed by atoms with E-state index in [1.165, 1.54) is 0 Å². The van der Waals surface area contributed by atoms with Gasteiger partial charge in [0.2, 0.25) is 5.69 Å². The highest BCUT2D eigenvalue weighted by molar-refractivity contribution is 5.69. The number of anilines is 1. The molecule has 3 nitrogen and oxygen atoms in total. The Bertz CT molecular complexity index is 387. The van der Waals surface area contributed by atoms with E-state index in [-0.39, 0.29) is 11.4 Å². The van der Waals surface area contributed by atoms with Crippen LogP contribution in [-0.2, 0) is 0 Å². The predicted molar refractivity (Wildman–Crippen MR) is 43.7 cm³/mol. The van der Waals surface area contributed by atoms with Crippen molar-refractivity contribution in [1.82, 2.24) is 0 Å². The molecule has 0 aliphatic carbocycles. The summed E-state index contributed by atoms with van der Waals surface area (Å²) in [6.45, 7) is 3.46. The van der Waals surface area contributed by atoms with Crippen LogP contribution in [-0.4, -0.2) is 6.61 Å². The first-order valence-corrected chi connectivity index (χ1v) is 3.46. The van der Waals surface area contributed by atoms with Gasteiger partial charge in [-0.15, -0.1) is 0 Å². The molecule has 0 atom stereocenters. The third kappa shape index (κ3) is 2.07. The molecule has 1 aromatic rings. The van der Waals surface area contributed by atoms with Crippen molar-refractivity contribution >= 4 is 11.4 Å². The molecule has 0 aliphatic heterocycles. The SMILES string of the molecule is [C-]#[N+]c1cc(F)c(OC(F)F)cc1N. The van der Waals surface area contributed by atoms with Gasteiger partial charge in [-0.1, -0.05) is 0 Å². The van der Waals surface area contributed by atoms with Crippen LogP contribution in [0.25, 0.3) is 4.85 Å². The highest BCUT2D eigenvalue weighted by Gasteiger charge is 2.12. The molecule has 6 heteroatoms. The number of rotatable bonds is 2. The van der Waals surface area contributed by atoms with Crippen LogP contribution < -0.4 is 10.5 Å². The van der Waals surface area contributed by atoms with Gasteiger partial charge in [-0.3, -0.25) is 0 Å². The molecule has 0 radical (unpaired) electrons. The summed E-state index contributed by atoms with van der Waals surface area (Å²) < 4.78 is 40.2. The van der Waals surface area contributed by atoms with Gasteiger partial charge in [0, 0.05) is 5.69 Å². The number of halogens is 3. The van der Waals surface area contributed by atoms with E-state index in [0.29, 0.717) is 0 Å². The number of nitrogens with two attached hydrogens (primary N) is 1. The Labute approximate surface area is 77.7 Å². The second-order valence-corrected chi connectivity index (χ2v) is 2.33. The van der Waals surface area contributed by atoms with Gasteiger partial charge in [0.25, 0.3) is 0 Å². The lowest BCUT2D eigenvalue weighted by Crippen LogP contribution is -2.04. The lowest BCUT2D eigenvalue weighted by atomic mass is 10.2. The number of ether oxygens (including phenoxy) is 1. The second-order valence-electron chi connectivity index (χ2n) is 2.33. The van der Waals surface area contributed by atoms with Crippen LogP contribution in [0.15, 0.2) is 12.1 Å². The smallest absolute Gasteiger partial charge is 0.387 e. The van der Waals surface area contributed by atoms with Gasteiger partial charge in [0.1, 0.15) is 0 Å². The topological polar surface area (TPSA) is 39.6 Å². The number of hydrogen-bond donors (Lipinski definition) is 1. The van der Waals surface area contributed by atoms with E-state index in [9.17, 15) is 13.2 Å². The van der Waals surface area contributed by atoms with Crippen LogP contribution in [0.4, 0.5) is 24.5 Å². The molecule has 0 saturated heterocycles. The summed E-state index contributed by atoms with van der Waals surface area (Å²) >= 11 is 0. The summed E-state index contributed by atoms with van der Waals surface area (Å²) in [6, 6.07) is 1.61. The molecule has 0 amide bonds. The molecular weight excluding hydrogens is 197 g/mol. The minimum Gasteiger partial charge on any atom is -0.432 e. The molecule has 0 saturated carbocycles. The number of hydrogen-bond acceptors (Lipinski definition) is 2. The molecule has 2 N–H and O–H groups in total. The molecule has 0 fully saturated rings. The fourth-order valence-electron chi connectivity index (χ4n) is 0.842.